The number of ether oxygens (including phenoxy) is 1. The molecule has 130 valence electrons. The van der Waals surface area contributed by atoms with Crippen LogP contribution in [0.15, 0.2) is 42.5 Å². The monoisotopic (exact) mass is 341 g/mol. The van der Waals surface area contributed by atoms with Gasteiger partial charge in [-0.2, -0.15) is 0 Å². The third-order valence-electron chi connectivity index (χ3n) is 4.95. The van der Waals surface area contributed by atoms with Gasteiger partial charge in [0.05, 0.1) is 18.1 Å². The number of carbonyl (C=O) groups excluding carboxylic acids is 2. The smallest absolute Gasteiger partial charge is 0.337 e. The van der Waals surface area contributed by atoms with Crippen LogP contribution in [0.1, 0.15) is 40.7 Å². The molecule has 5 heteroatoms. The molecule has 0 unspecified atom stereocenters. The molecule has 0 heterocycles. The van der Waals surface area contributed by atoms with Crippen molar-refractivity contribution in [3.63, 3.8) is 0 Å². The number of methoxy groups -OCH3 is 1. The van der Waals surface area contributed by atoms with E-state index in [9.17, 15) is 14.0 Å². The standard InChI is InChI=1S/C20H20FNO3/c1-13-4-5-14(18(23)25-2)12-17(13)22-19(24)20(10-3-11-20)15-6-8-16(21)9-7-15/h4-9,12H,3,10-11H2,1-2H3,(H,22,24). The number of amides is 1. The molecule has 25 heavy (non-hydrogen) atoms. The number of nitrogens with one attached hydrogen (secondary N) is 1. The van der Waals surface area contributed by atoms with Crippen LogP contribution in [-0.4, -0.2) is 19.0 Å². The Morgan fingerprint density at radius 3 is 2.36 bits per heavy atom. The third-order valence-corrected chi connectivity index (χ3v) is 4.95. The fourth-order valence-corrected chi connectivity index (χ4v) is 3.19. The van der Waals surface area contributed by atoms with E-state index >= 15 is 0 Å². The summed E-state index contributed by atoms with van der Waals surface area (Å²) >= 11 is 0. The van der Waals surface area contributed by atoms with Gasteiger partial charge in [-0.1, -0.05) is 24.6 Å². The Labute approximate surface area is 146 Å². The van der Waals surface area contributed by atoms with Gasteiger partial charge in [-0.25, -0.2) is 9.18 Å². The summed E-state index contributed by atoms with van der Waals surface area (Å²) in [6, 6.07) is 11.2. The highest BCUT2D eigenvalue weighted by Gasteiger charge is 2.45. The van der Waals surface area contributed by atoms with Gasteiger partial charge in [0, 0.05) is 5.69 Å². The Hall–Kier alpha value is -2.69. The highest BCUT2D eigenvalue weighted by molar-refractivity contribution is 6.01. The molecule has 3 rings (SSSR count). The van der Waals surface area contributed by atoms with Crippen LogP contribution >= 0.6 is 0 Å². The summed E-state index contributed by atoms with van der Waals surface area (Å²) < 4.78 is 17.9. The highest BCUT2D eigenvalue weighted by Crippen LogP contribution is 2.44. The summed E-state index contributed by atoms with van der Waals surface area (Å²) in [5.41, 5.74) is 2.00. The number of aryl methyl sites for hydroxylation is 1. The Balaban J connectivity index is 1.88. The lowest BCUT2D eigenvalue weighted by Gasteiger charge is -2.40. The molecule has 1 amide bonds. The van der Waals surface area contributed by atoms with Crippen molar-refractivity contribution in [2.24, 2.45) is 0 Å². The van der Waals surface area contributed by atoms with Crippen molar-refractivity contribution in [1.82, 2.24) is 0 Å². The van der Waals surface area contributed by atoms with E-state index in [4.69, 9.17) is 4.74 Å². The van der Waals surface area contributed by atoms with Crippen molar-refractivity contribution in [3.05, 3.63) is 65.0 Å². The first kappa shape index (κ1) is 17.1. The number of benzene rings is 2. The summed E-state index contributed by atoms with van der Waals surface area (Å²) in [5.74, 6) is -0.900. The molecule has 0 spiro atoms. The molecule has 1 aliphatic carbocycles. The Morgan fingerprint density at radius 1 is 1.12 bits per heavy atom. The topological polar surface area (TPSA) is 55.4 Å². The van der Waals surface area contributed by atoms with Crippen LogP contribution < -0.4 is 5.32 Å². The number of hydrogen-bond donors (Lipinski definition) is 1. The van der Waals surface area contributed by atoms with Crippen LogP contribution in [-0.2, 0) is 14.9 Å². The lowest BCUT2D eigenvalue weighted by Crippen LogP contribution is -2.46. The second kappa shape index (κ2) is 6.67. The van der Waals surface area contributed by atoms with Gasteiger partial charge in [-0.05, 0) is 55.2 Å². The summed E-state index contributed by atoms with van der Waals surface area (Å²) in [4.78, 5) is 24.7. The van der Waals surface area contributed by atoms with Gasteiger partial charge < -0.3 is 10.1 Å². The molecule has 4 nitrogen and oxygen atoms in total. The fourth-order valence-electron chi connectivity index (χ4n) is 3.19. The van der Waals surface area contributed by atoms with Crippen molar-refractivity contribution in [2.45, 2.75) is 31.6 Å². The van der Waals surface area contributed by atoms with E-state index in [-0.39, 0.29) is 11.7 Å². The first-order valence-electron chi connectivity index (χ1n) is 8.23. The SMILES string of the molecule is COC(=O)c1ccc(C)c(NC(=O)C2(c3ccc(F)cc3)CCC2)c1. The molecule has 0 aliphatic heterocycles. The van der Waals surface area contributed by atoms with Crippen LogP contribution in [0.25, 0.3) is 0 Å². The van der Waals surface area contributed by atoms with E-state index in [1.807, 2.05) is 6.92 Å². The van der Waals surface area contributed by atoms with Crippen molar-refractivity contribution in [1.29, 1.82) is 0 Å². The zero-order valence-corrected chi connectivity index (χ0v) is 14.3. The van der Waals surface area contributed by atoms with Crippen LogP contribution in [0.3, 0.4) is 0 Å². The predicted molar refractivity (Wildman–Crippen MR) is 93.1 cm³/mol. The minimum atomic E-state index is -0.637. The summed E-state index contributed by atoms with van der Waals surface area (Å²) in [6.07, 6.45) is 2.40. The zero-order chi connectivity index (χ0) is 18.0. The molecular formula is C20H20FNO3. The van der Waals surface area contributed by atoms with E-state index in [0.29, 0.717) is 11.3 Å². The molecule has 0 atom stereocenters. The average Bonchev–Trinajstić information content (AvgIpc) is 2.57. The van der Waals surface area contributed by atoms with E-state index in [1.165, 1.54) is 19.2 Å². The molecule has 1 fully saturated rings. The molecule has 0 radical (unpaired) electrons. The Bertz CT molecular complexity index is 810. The normalized spacial score (nSPS) is 15.2. The second-order valence-electron chi connectivity index (χ2n) is 6.42. The average molecular weight is 341 g/mol. The Morgan fingerprint density at radius 2 is 1.80 bits per heavy atom. The lowest BCUT2D eigenvalue weighted by molar-refractivity contribution is -0.124. The van der Waals surface area contributed by atoms with Gasteiger partial charge in [0.25, 0.3) is 0 Å². The van der Waals surface area contributed by atoms with Crippen molar-refractivity contribution in [3.8, 4) is 0 Å². The number of halogens is 1. The Kier molecular flexibility index (Phi) is 4.57. The van der Waals surface area contributed by atoms with E-state index in [0.717, 1.165) is 30.4 Å². The fraction of sp³-hybridized carbons (Fsp3) is 0.300. The second-order valence-corrected chi connectivity index (χ2v) is 6.42. The van der Waals surface area contributed by atoms with Crippen molar-refractivity contribution in [2.75, 3.05) is 12.4 Å². The first-order chi connectivity index (χ1) is 12.0. The maximum Gasteiger partial charge on any atom is 0.337 e. The quantitative estimate of drug-likeness (QED) is 0.856. The predicted octanol–water partition coefficient (Wildman–Crippen LogP) is 3.98. The zero-order valence-electron chi connectivity index (χ0n) is 14.3. The lowest BCUT2D eigenvalue weighted by atomic mass is 9.63. The van der Waals surface area contributed by atoms with Gasteiger partial charge in [0.15, 0.2) is 0 Å². The number of anilines is 1. The van der Waals surface area contributed by atoms with Crippen molar-refractivity contribution < 1.29 is 18.7 Å². The molecule has 0 bridgehead atoms. The van der Waals surface area contributed by atoms with Crippen LogP contribution in [0, 0.1) is 12.7 Å². The third kappa shape index (κ3) is 3.14. The van der Waals surface area contributed by atoms with Crippen molar-refractivity contribution >= 4 is 17.6 Å². The van der Waals surface area contributed by atoms with Gasteiger partial charge in [0.1, 0.15) is 5.82 Å². The van der Waals surface area contributed by atoms with Crippen LogP contribution in [0.4, 0.5) is 10.1 Å². The first-order valence-corrected chi connectivity index (χ1v) is 8.23. The molecule has 2 aromatic carbocycles. The minimum Gasteiger partial charge on any atom is -0.465 e. The number of hydrogen-bond acceptors (Lipinski definition) is 3. The van der Waals surface area contributed by atoms with E-state index < -0.39 is 11.4 Å². The van der Waals surface area contributed by atoms with Crippen LogP contribution in [0.2, 0.25) is 0 Å². The highest BCUT2D eigenvalue weighted by atomic mass is 19.1. The summed E-state index contributed by atoms with van der Waals surface area (Å²) in [5, 5.41) is 2.94. The number of esters is 1. The largest absolute Gasteiger partial charge is 0.465 e. The molecule has 1 N–H and O–H groups in total. The number of rotatable bonds is 4. The molecule has 1 saturated carbocycles. The maximum atomic E-state index is 13.2. The minimum absolute atomic E-state index is 0.129. The van der Waals surface area contributed by atoms with E-state index in [1.54, 1.807) is 30.3 Å². The molecule has 2 aromatic rings. The van der Waals surface area contributed by atoms with Gasteiger partial charge in [-0.15, -0.1) is 0 Å². The summed E-state index contributed by atoms with van der Waals surface area (Å²) in [7, 11) is 1.32. The van der Waals surface area contributed by atoms with Crippen LogP contribution in [0.5, 0.6) is 0 Å². The summed E-state index contributed by atoms with van der Waals surface area (Å²) in [6.45, 7) is 1.86. The molecule has 0 aromatic heterocycles. The molecule has 1 aliphatic rings. The van der Waals surface area contributed by atoms with Gasteiger partial charge >= 0.3 is 5.97 Å². The molecule has 0 saturated heterocycles. The number of carbonyl (C=O) groups is 2. The maximum absolute atomic E-state index is 13.2. The molecular weight excluding hydrogens is 321 g/mol. The van der Waals surface area contributed by atoms with Gasteiger partial charge in [0.2, 0.25) is 5.91 Å². The van der Waals surface area contributed by atoms with Gasteiger partial charge in [-0.3, -0.25) is 4.79 Å². The van der Waals surface area contributed by atoms with E-state index in [2.05, 4.69) is 5.32 Å².